The van der Waals surface area contributed by atoms with Crippen LogP contribution < -0.4 is 0 Å². The van der Waals surface area contributed by atoms with Gasteiger partial charge in [0.05, 0.1) is 0 Å². The molecule has 0 unspecified atom stereocenters. The van der Waals surface area contributed by atoms with Gasteiger partial charge in [-0.25, -0.2) is 0 Å². The maximum atomic E-state index is 12.4. The van der Waals surface area contributed by atoms with E-state index in [1.54, 1.807) is 0 Å². The predicted molar refractivity (Wildman–Crippen MR) is 98.3 cm³/mol. The molecule has 0 bridgehead atoms. The molecule has 0 N–H and O–H groups in total. The zero-order valence-corrected chi connectivity index (χ0v) is 15.4. The SMILES string of the molecule is CCCCCC=C=C(CCCCC)C(=O)CCCCCCC. The highest BCUT2D eigenvalue weighted by Crippen LogP contribution is 2.14. The van der Waals surface area contributed by atoms with E-state index in [9.17, 15) is 4.79 Å². The van der Waals surface area contributed by atoms with Crippen molar-refractivity contribution in [1.29, 1.82) is 0 Å². The van der Waals surface area contributed by atoms with Crippen LogP contribution in [0.25, 0.3) is 0 Å². The molecule has 1 nitrogen and oxygen atoms in total. The Hall–Kier alpha value is -0.810. The van der Waals surface area contributed by atoms with Gasteiger partial charge in [0.15, 0.2) is 5.78 Å². The van der Waals surface area contributed by atoms with Crippen LogP contribution in [-0.4, -0.2) is 5.78 Å². The lowest BCUT2D eigenvalue weighted by Gasteiger charge is -2.04. The Bertz CT molecular complexity index is 321. The average Bonchev–Trinajstić information content (AvgIpc) is 2.52. The van der Waals surface area contributed by atoms with E-state index in [1.807, 2.05) is 0 Å². The van der Waals surface area contributed by atoms with Gasteiger partial charge in [0, 0.05) is 12.0 Å². The fraction of sp³-hybridized carbons (Fsp3) is 0.810. The van der Waals surface area contributed by atoms with Gasteiger partial charge in [-0.05, 0) is 38.2 Å². The molecule has 0 fully saturated rings. The van der Waals surface area contributed by atoms with E-state index in [0.717, 1.165) is 37.7 Å². The number of ketones is 1. The largest absolute Gasteiger partial charge is 0.294 e. The summed E-state index contributed by atoms with van der Waals surface area (Å²) in [5.74, 6) is 0.347. The van der Waals surface area contributed by atoms with Crippen molar-refractivity contribution >= 4 is 5.78 Å². The van der Waals surface area contributed by atoms with E-state index >= 15 is 0 Å². The number of hydrogen-bond donors (Lipinski definition) is 0. The van der Waals surface area contributed by atoms with Crippen LogP contribution in [0.1, 0.15) is 111 Å². The van der Waals surface area contributed by atoms with Gasteiger partial charge in [-0.15, -0.1) is 5.73 Å². The molecule has 22 heavy (non-hydrogen) atoms. The summed E-state index contributed by atoms with van der Waals surface area (Å²) in [6, 6.07) is 0. The zero-order chi connectivity index (χ0) is 16.5. The summed E-state index contributed by atoms with van der Waals surface area (Å²) in [6.07, 6.45) is 18.2. The number of hydrogen-bond acceptors (Lipinski definition) is 1. The van der Waals surface area contributed by atoms with Gasteiger partial charge in [-0.3, -0.25) is 4.79 Å². The summed E-state index contributed by atoms with van der Waals surface area (Å²) in [4.78, 5) is 12.4. The molecule has 0 aromatic carbocycles. The van der Waals surface area contributed by atoms with Crippen LogP contribution in [-0.2, 0) is 4.79 Å². The molecule has 0 radical (unpaired) electrons. The van der Waals surface area contributed by atoms with E-state index in [2.05, 4.69) is 32.6 Å². The second kappa shape index (κ2) is 16.6. The van der Waals surface area contributed by atoms with Crippen molar-refractivity contribution in [3.63, 3.8) is 0 Å². The molecule has 0 rings (SSSR count). The third-order valence-corrected chi connectivity index (χ3v) is 4.10. The molecule has 0 spiro atoms. The molecule has 0 aliphatic heterocycles. The minimum absolute atomic E-state index is 0.347. The average molecular weight is 307 g/mol. The normalized spacial score (nSPS) is 10.3. The van der Waals surface area contributed by atoms with Crippen LogP contribution in [0.15, 0.2) is 17.4 Å². The molecule has 0 aliphatic carbocycles. The van der Waals surface area contributed by atoms with E-state index in [1.165, 1.54) is 57.8 Å². The Balaban J connectivity index is 4.29. The van der Waals surface area contributed by atoms with Crippen LogP contribution in [0, 0.1) is 0 Å². The first-order valence-electron chi connectivity index (χ1n) is 9.73. The first-order chi connectivity index (χ1) is 10.8. The number of carbonyl (C=O) groups excluding carboxylic acids is 1. The molecular weight excluding hydrogens is 268 g/mol. The van der Waals surface area contributed by atoms with Gasteiger partial charge in [0.25, 0.3) is 0 Å². The standard InChI is InChI=1S/C21H38O/c1-4-7-10-12-15-18-20(17-14-9-6-3)21(22)19-16-13-11-8-5-2/h15H,4-14,16-17,19H2,1-3H3. The highest BCUT2D eigenvalue weighted by atomic mass is 16.1. The molecule has 0 amide bonds. The fourth-order valence-electron chi connectivity index (χ4n) is 2.58. The molecule has 0 heterocycles. The molecule has 0 aliphatic rings. The zero-order valence-electron chi connectivity index (χ0n) is 15.4. The van der Waals surface area contributed by atoms with Gasteiger partial charge in [0.1, 0.15) is 0 Å². The van der Waals surface area contributed by atoms with E-state index < -0.39 is 0 Å². The van der Waals surface area contributed by atoms with Crippen molar-refractivity contribution < 1.29 is 4.79 Å². The fourth-order valence-corrected chi connectivity index (χ4v) is 2.58. The Labute approximate surface area is 139 Å². The van der Waals surface area contributed by atoms with Crippen molar-refractivity contribution in [3.8, 4) is 0 Å². The summed E-state index contributed by atoms with van der Waals surface area (Å²) >= 11 is 0. The maximum absolute atomic E-state index is 12.4. The molecule has 0 aromatic heterocycles. The van der Waals surface area contributed by atoms with Crippen LogP contribution in [0.2, 0.25) is 0 Å². The van der Waals surface area contributed by atoms with E-state index in [4.69, 9.17) is 0 Å². The molecular formula is C21H38O. The molecule has 0 aromatic rings. The van der Waals surface area contributed by atoms with Crippen LogP contribution in [0.3, 0.4) is 0 Å². The Morgan fingerprint density at radius 2 is 1.27 bits per heavy atom. The lowest BCUT2D eigenvalue weighted by Crippen LogP contribution is -2.02. The summed E-state index contributed by atoms with van der Waals surface area (Å²) in [5.41, 5.74) is 4.29. The maximum Gasteiger partial charge on any atom is 0.166 e. The minimum Gasteiger partial charge on any atom is -0.294 e. The lowest BCUT2D eigenvalue weighted by atomic mass is 9.99. The van der Waals surface area contributed by atoms with Crippen molar-refractivity contribution in [2.24, 2.45) is 0 Å². The van der Waals surface area contributed by atoms with Gasteiger partial charge in [-0.2, -0.15) is 0 Å². The van der Waals surface area contributed by atoms with Gasteiger partial charge in [-0.1, -0.05) is 72.1 Å². The van der Waals surface area contributed by atoms with Crippen LogP contribution in [0.5, 0.6) is 0 Å². The van der Waals surface area contributed by atoms with Gasteiger partial charge < -0.3 is 0 Å². The molecule has 128 valence electrons. The third kappa shape index (κ3) is 12.9. The quantitative estimate of drug-likeness (QED) is 0.178. The van der Waals surface area contributed by atoms with Crippen molar-refractivity contribution in [3.05, 3.63) is 17.4 Å². The molecule has 0 saturated carbocycles. The Morgan fingerprint density at radius 3 is 1.95 bits per heavy atom. The molecule has 0 saturated heterocycles. The minimum atomic E-state index is 0.347. The second-order valence-electron chi connectivity index (χ2n) is 6.37. The number of unbranched alkanes of at least 4 members (excludes halogenated alkanes) is 9. The van der Waals surface area contributed by atoms with Gasteiger partial charge in [0.2, 0.25) is 0 Å². The monoisotopic (exact) mass is 306 g/mol. The van der Waals surface area contributed by atoms with Crippen LogP contribution >= 0.6 is 0 Å². The number of allylic oxidation sites excluding steroid dienone is 1. The lowest BCUT2D eigenvalue weighted by molar-refractivity contribution is -0.115. The second-order valence-corrected chi connectivity index (χ2v) is 6.37. The third-order valence-electron chi connectivity index (χ3n) is 4.10. The Kier molecular flexibility index (Phi) is 15.9. The Morgan fingerprint density at radius 1 is 0.727 bits per heavy atom. The highest BCUT2D eigenvalue weighted by Gasteiger charge is 2.08. The number of Topliss-reactive ketones (excluding diaryl/α,β-unsaturated/α-hetero) is 1. The number of carbonyl (C=O) groups is 1. The first kappa shape index (κ1) is 21.2. The summed E-state index contributed by atoms with van der Waals surface area (Å²) in [5, 5.41) is 0. The van der Waals surface area contributed by atoms with Crippen molar-refractivity contribution in [2.45, 2.75) is 111 Å². The van der Waals surface area contributed by atoms with Crippen molar-refractivity contribution in [1.82, 2.24) is 0 Å². The topological polar surface area (TPSA) is 17.1 Å². The number of rotatable bonds is 15. The molecule has 1 heteroatoms. The predicted octanol–water partition coefficient (Wildman–Crippen LogP) is 7.16. The summed E-state index contributed by atoms with van der Waals surface area (Å²) in [7, 11) is 0. The first-order valence-corrected chi connectivity index (χ1v) is 9.73. The molecule has 0 atom stereocenters. The van der Waals surface area contributed by atoms with Crippen LogP contribution in [0.4, 0.5) is 0 Å². The van der Waals surface area contributed by atoms with Gasteiger partial charge >= 0.3 is 0 Å². The summed E-state index contributed by atoms with van der Waals surface area (Å²) < 4.78 is 0. The van der Waals surface area contributed by atoms with Crippen molar-refractivity contribution in [2.75, 3.05) is 0 Å². The highest BCUT2D eigenvalue weighted by molar-refractivity contribution is 5.95. The summed E-state index contributed by atoms with van der Waals surface area (Å²) in [6.45, 7) is 6.65. The smallest absolute Gasteiger partial charge is 0.166 e. The van der Waals surface area contributed by atoms with E-state index in [-0.39, 0.29) is 0 Å². The van der Waals surface area contributed by atoms with E-state index in [0.29, 0.717) is 5.78 Å².